The molecule has 3 nitrogen and oxygen atoms in total. The Balaban J connectivity index is 2.33. The lowest BCUT2D eigenvalue weighted by Crippen LogP contribution is -2.46. The first-order chi connectivity index (χ1) is 7.63. The average molecular weight is 240 g/mol. The van der Waals surface area contributed by atoms with Crippen LogP contribution in [0.3, 0.4) is 0 Å². The molecule has 0 aliphatic rings. The lowest BCUT2D eigenvalue weighted by atomic mass is 10.2. The highest BCUT2D eigenvalue weighted by Gasteiger charge is 2.14. The van der Waals surface area contributed by atoms with E-state index in [2.05, 4.69) is 35.1 Å². The summed E-state index contributed by atoms with van der Waals surface area (Å²) in [6, 6.07) is 4.37. The van der Waals surface area contributed by atoms with Crippen LogP contribution < -0.4 is 10.6 Å². The SMILES string of the molecule is CCNC(=O)C(C)NC(C)Cc1cccs1. The Morgan fingerprint density at radius 1 is 1.50 bits per heavy atom. The van der Waals surface area contributed by atoms with Gasteiger partial charge in [0.15, 0.2) is 0 Å². The molecule has 1 amide bonds. The first kappa shape index (κ1) is 13.2. The van der Waals surface area contributed by atoms with Crippen LogP contribution in [0.5, 0.6) is 0 Å². The summed E-state index contributed by atoms with van der Waals surface area (Å²) in [6.07, 6.45) is 0.974. The second-order valence-electron chi connectivity index (χ2n) is 3.97. The molecule has 16 heavy (non-hydrogen) atoms. The van der Waals surface area contributed by atoms with Crippen molar-refractivity contribution in [2.75, 3.05) is 6.54 Å². The van der Waals surface area contributed by atoms with Gasteiger partial charge in [0, 0.05) is 17.5 Å². The van der Waals surface area contributed by atoms with Gasteiger partial charge in [0.1, 0.15) is 0 Å². The van der Waals surface area contributed by atoms with Crippen LogP contribution in [0.2, 0.25) is 0 Å². The van der Waals surface area contributed by atoms with E-state index in [9.17, 15) is 4.79 Å². The van der Waals surface area contributed by atoms with Gasteiger partial charge in [-0.05, 0) is 38.6 Å². The Hall–Kier alpha value is -0.870. The fourth-order valence-corrected chi connectivity index (χ4v) is 2.45. The smallest absolute Gasteiger partial charge is 0.236 e. The Morgan fingerprint density at radius 3 is 2.81 bits per heavy atom. The molecule has 1 aromatic rings. The number of carbonyl (C=O) groups excluding carboxylic acids is 1. The number of carbonyl (C=O) groups is 1. The van der Waals surface area contributed by atoms with Gasteiger partial charge in [-0.2, -0.15) is 0 Å². The molecule has 4 heteroatoms. The molecule has 2 atom stereocenters. The Kier molecular flexibility index (Phi) is 5.49. The number of hydrogen-bond donors (Lipinski definition) is 2. The van der Waals surface area contributed by atoms with Crippen molar-refractivity contribution in [3.63, 3.8) is 0 Å². The number of nitrogens with one attached hydrogen (secondary N) is 2. The fourth-order valence-electron chi connectivity index (χ4n) is 1.62. The molecule has 0 saturated carbocycles. The predicted octanol–water partition coefficient (Wildman–Crippen LogP) is 1.79. The number of hydrogen-bond acceptors (Lipinski definition) is 3. The Labute approximate surface area is 101 Å². The third-order valence-electron chi connectivity index (χ3n) is 2.37. The Bertz CT molecular complexity index is 311. The quantitative estimate of drug-likeness (QED) is 0.796. The minimum Gasteiger partial charge on any atom is -0.355 e. The molecular formula is C12H20N2OS. The van der Waals surface area contributed by atoms with E-state index in [-0.39, 0.29) is 11.9 Å². The normalized spacial score (nSPS) is 14.4. The molecule has 0 fully saturated rings. The lowest BCUT2D eigenvalue weighted by Gasteiger charge is -2.18. The van der Waals surface area contributed by atoms with Crippen LogP contribution >= 0.6 is 11.3 Å². The zero-order chi connectivity index (χ0) is 12.0. The van der Waals surface area contributed by atoms with Crippen LogP contribution in [0.4, 0.5) is 0 Å². The minimum atomic E-state index is -0.130. The van der Waals surface area contributed by atoms with E-state index < -0.39 is 0 Å². The van der Waals surface area contributed by atoms with Crippen LogP contribution in [0.25, 0.3) is 0 Å². The third-order valence-corrected chi connectivity index (χ3v) is 3.26. The molecular weight excluding hydrogens is 220 g/mol. The lowest BCUT2D eigenvalue weighted by molar-refractivity contribution is -0.122. The molecule has 0 bridgehead atoms. The summed E-state index contributed by atoms with van der Waals surface area (Å²) in [7, 11) is 0. The molecule has 0 aliphatic heterocycles. The van der Waals surface area contributed by atoms with Crippen molar-refractivity contribution in [3.05, 3.63) is 22.4 Å². The van der Waals surface area contributed by atoms with Gasteiger partial charge in [0.05, 0.1) is 6.04 Å². The van der Waals surface area contributed by atoms with Gasteiger partial charge in [-0.25, -0.2) is 0 Å². The number of rotatable bonds is 6. The van der Waals surface area contributed by atoms with Gasteiger partial charge < -0.3 is 10.6 Å². The maximum Gasteiger partial charge on any atom is 0.236 e. The molecule has 2 unspecified atom stereocenters. The van der Waals surface area contributed by atoms with Crippen molar-refractivity contribution < 1.29 is 4.79 Å². The first-order valence-electron chi connectivity index (χ1n) is 5.69. The molecule has 1 aromatic heterocycles. The van der Waals surface area contributed by atoms with E-state index in [1.54, 1.807) is 11.3 Å². The molecule has 1 heterocycles. The molecule has 1 rings (SSSR count). The number of thiophene rings is 1. The van der Waals surface area contributed by atoms with E-state index in [4.69, 9.17) is 0 Å². The summed E-state index contributed by atoms with van der Waals surface area (Å²) in [5.74, 6) is 0.0699. The van der Waals surface area contributed by atoms with E-state index in [0.717, 1.165) is 6.42 Å². The monoisotopic (exact) mass is 240 g/mol. The topological polar surface area (TPSA) is 41.1 Å². The van der Waals surface area contributed by atoms with E-state index >= 15 is 0 Å². The third kappa shape index (κ3) is 4.33. The number of likely N-dealkylation sites (N-methyl/N-ethyl adjacent to an activating group) is 1. The van der Waals surface area contributed by atoms with Crippen LogP contribution in [0, 0.1) is 0 Å². The summed E-state index contributed by atoms with van der Waals surface area (Å²) >= 11 is 1.76. The van der Waals surface area contributed by atoms with E-state index in [1.807, 2.05) is 13.8 Å². The predicted molar refractivity (Wildman–Crippen MR) is 68.8 cm³/mol. The van der Waals surface area contributed by atoms with Crippen LogP contribution in [0.15, 0.2) is 17.5 Å². The second kappa shape index (κ2) is 6.66. The van der Waals surface area contributed by atoms with Gasteiger partial charge >= 0.3 is 0 Å². The second-order valence-corrected chi connectivity index (χ2v) is 5.00. The highest BCUT2D eigenvalue weighted by Crippen LogP contribution is 2.11. The molecule has 0 aromatic carbocycles. The van der Waals surface area contributed by atoms with Gasteiger partial charge in [0.2, 0.25) is 5.91 Å². The van der Waals surface area contributed by atoms with Crippen molar-refractivity contribution in [2.45, 2.75) is 39.3 Å². The summed E-state index contributed by atoms with van der Waals surface area (Å²) in [4.78, 5) is 12.9. The van der Waals surface area contributed by atoms with Crippen molar-refractivity contribution in [3.8, 4) is 0 Å². The van der Waals surface area contributed by atoms with Crippen LogP contribution in [0.1, 0.15) is 25.6 Å². The zero-order valence-electron chi connectivity index (χ0n) is 10.1. The van der Waals surface area contributed by atoms with Crippen molar-refractivity contribution in [1.29, 1.82) is 0 Å². The van der Waals surface area contributed by atoms with Crippen LogP contribution in [-0.2, 0) is 11.2 Å². The fraction of sp³-hybridized carbons (Fsp3) is 0.583. The highest BCUT2D eigenvalue weighted by atomic mass is 32.1. The number of amides is 1. The summed E-state index contributed by atoms with van der Waals surface area (Å²) < 4.78 is 0. The summed E-state index contributed by atoms with van der Waals surface area (Å²) in [6.45, 7) is 6.62. The standard InChI is InChI=1S/C12H20N2OS/c1-4-13-12(15)10(3)14-9(2)8-11-6-5-7-16-11/h5-7,9-10,14H,4,8H2,1-3H3,(H,13,15). The Morgan fingerprint density at radius 2 is 2.25 bits per heavy atom. The summed E-state index contributed by atoms with van der Waals surface area (Å²) in [5, 5.41) is 8.19. The average Bonchev–Trinajstić information content (AvgIpc) is 2.70. The van der Waals surface area contributed by atoms with Gasteiger partial charge in [0.25, 0.3) is 0 Å². The van der Waals surface area contributed by atoms with Gasteiger partial charge in [-0.15, -0.1) is 11.3 Å². The van der Waals surface area contributed by atoms with Crippen molar-refractivity contribution >= 4 is 17.2 Å². The molecule has 90 valence electrons. The molecule has 0 aliphatic carbocycles. The molecule has 2 N–H and O–H groups in total. The maximum absolute atomic E-state index is 11.5. The molecule has 0 saturated heterocycles. The highest BCUT2D eigenvalue weighted by molar-refractivity contribution is 7.09. The van der Waals surface area contributed by atoms with Crippen molar-refractivity contribution in [2.24, 2.45) is 0 Å². The van der Waals surface area contributed by atoms with E-state index in [1.165, 1.54) is 4.88 Å². The zero-order valence-corrected chi connectivity index (χ0v) is 10.9. The minimum absolute atomic E-state index is 0.0699. The largest absolute Gasteiger partial charge is 0.355 e. The molecule has 0 spiro atoms. The van der Waals surface area contributed by atoms with Gasteiger partial charge in [-0.1, -0.05) is 6.07 Å². The summed E-state index contributed by atoms with van der Waals surface area (Å²) in [5.41, 5.74) is 0. The van der Waals surface area contributed by atoms with Crippen LogP contribution in [-0.4, -0.2) is 24.5 Å². The maximum atomic E-state index is 11.5. The van der Waals surface area contributed by atoms with Gasteiger partial charge in [-0.3, -0.25) is 4.79 Å². The first-order valence-corrected chi connectivity index (χ1v) is 6.57. The van der Waals surface area contributed by atoms with E-state index in [0.29, 0.717) is 12.6 Å². The van der Waals surface area contributed by atoms with Crippen molar-refractivity contribution in [1.82, 2.24) is 10.6 Å². The molecule has 0 radical (unpaired) electrons.